The van der Waals surface area contributed by atoms with E-state index in [0.29, 0.717) is 36.3 Å². The summed E-state index contributed by atoms with van der Waals surface area (Å²) in [6.07, 6.45) is -2.22. The fourth-order valence-electron chi connectivity index (χ4n) is 5.47. The zero-order valence-electron chi connectivity index (χ0n) is 19.1. The molecule has 3 N–H and O–H groups in total. The Morgan fingerprint density at radius 1 is 1.30 bits per heavy atom. The molecule has 0 aromatic carbocycles. The molecular weight excluding hydrogens is 527 g/mol. The normalized spacial score (nSPS) is 23.2. The number of alkyl halides is 3. The molecule has 37 heavy (non-hydrogen) atoms. The Labute approximate surface area is 216 Å². The number of hydrogen-bond acceptors (Lipinski definition) is 8. The first-order valence-electron chi connectivity index (χ1n) is 11.4. The highest BCUT2D eigenvalue weighted by Crippen LogP contribution is 2.63. The van der Waals surface area contributed by atoms with Gasteiger partial charge in [-0.1, -0.05) is 11.8 Å². The van der Waals surface area contributed by atoms with E-state index in [1.807, 2.05) is 5.38 Å². The maximum absolute atomic E-state index is 13.3. The number of halogens is 3. The minimum absolute atomic E-state index is 0.0602. The number of piperidine rings is 1. The molecule has 1 aliphatic heterocycles. The second kappa shape index (κ2) is 8.87. The number of carbonyl (C=O) groups is 1. The van der Waals surface area contributed by atoms with Crippen LogP contribution in [-0.2, 0) is 11.6 Å². The van der Waals surface area contributed by atoms with Crippen molar-refractivity contribution in [3.8, 4) is 0 Å². The topological polar surface area (TPSA) is 120 Å². The fraction of sp³-hybridized carbons (Fsp3) is 0.348. The number of amides is 1. The highest BCUT2D eigenvalue weighted by molar-refractivity contribution is 7.99. The predicted octanol–water partition coefficient (Wildman–Crippen LogP) is 4.64. The number of nitrogens with one attached hydrogen (secondary N) is 2. The molecule has 14 heteroatoms. The Balaban J connectivity index is 1.22. The molecular formula is C23H20F3N7O2S2. The second-order valence-electron chi connectivity index (χ2n) is 9.05. The maximum atomic E-state index is 13.3. The Morgan fingerprint density at radius 3 is 2.92 bits per heavy atom. The van der Waals surface area contributed by atoms with Gasteiger partial charge < -0.3 is 20.3 Å². The molecule has 3 atom stereocenters. The number of H-pyrrole nitrogens is 1. The van der Waals surface area contributed by atoms with Gasteiger partial charge in [-0.2, -0.15) is 29.5 Å². The number of aromatic amines is 1. The summed E-state index contributed by atoms with van der Waals surface area (Å²) >= 11 is 2.43. The summed E-state index contributed by atoms with van der Waals surface area (Å²) < 4.78 is 39.9. The van der Waals surface area contributed by atoms with Gasteiger partial charge in [0, 0.05) is 36.1 Å². The van der Waals surface area contributed by atoms with Crippen LogP contribution in [0.2, 0.25) is 0 Å². The minimum Gasteiger partial charge on any atom is -0.465 e. The van der Waals surface area contributed by atoms with Crippen molar-refractivity contribution < 1.29 is 23.1 Å². The van der Waals surface area contributed by atoms with Crippen molar-refractivity contribution >= 4 is 46.4 Å². The van der Waals surface area contributed by atoms with Crippen LogP contribution in [0.25, 0.3) is 11.3 Å². The van der Waals surface area contributed by atoms with Crippen molar-refractivity contribution in [3.05, 3.63) is 52.6 Å². The number of anilines is 1. The SMILES string of the molecule is O=C(O)NCC1(c2ccsc2)C2CCN(c3nc4nc(Sc5cccnc5C(F)(F)F)cnc4[nH]3)CC21. The number of fused-ring (bicyclic) bond motifs is 2. The van der Waals surface area contributed by atoms with E-state index in [1.54, 1.807) is 11.3 Å². The Morgan fingerprint density at radius 2 is 2.16 bits per heavy atom. The molecule has 3 unspecified atom stereocenters. The van der Waals surface area contributed by atoms with E-state index < -0.39 is 18.0 Å². The largest absolute Gasteiger partial charge is 0.465 e. The Kier molecular flexibility index (Phi) is 5.75. The Bertz CT molecular complexity index is 1460. The number of nitrogens with zero attached hydrogens (tertiary/aromatic N) is 5. The van der Waals surface area contributed by atoms with E-state index in [4.69, 9.17) is 0 Å². The molecule has 1 saturated carbocycles. The molecule has 6 rings (SSSR count). The summed E-state index contributed by atoms with van der Waals surface area (Å²) in [6, 6.07) is 4.86. The maximum Gasteiger partial charge on any atom is 0.434 e. The lowest BCUT2D eigenvalue weighted by Crippen LogP contribution is -2.34. The third-order valence-corrected chi connectivity index (χ3v) is 8.78. The lowest BCUT2D eigenvalue weighted by Gasteiger charge is -2.25. The first-order valence-corrected chi connectivity index (χ1v) is 13.2. The first kappa shape index (κ1) is 24.0. The van der Waals surface area contributed by atoms with Gasteiger partial charge in [-0.3, -0.25) is 4.98 Å². The Hall–Kier alpha value is -3.39. The molecule has 9 nitrogen and oxygen atoms in total. The van der Waals surface area contributed by atoms with Crippen LogP contribution >= 0.6 is 23.1 Å². The molecule has 4 aromatic heterocycles. The molecule has 0 radical (unpaired) electrons. The quantitative estimate of drug-likeness (QED) is 0.319. The molecule has 1 saturated heterocycles. The van der Waals surface area contributed by atoms with Gasteiger partial charge in [0.25, 0.3) is 0 Å². The van der Waals surface area contributed by atoms with Gasteiger partial charge in [-0.05, 0) is 52.8 Å². The number of rotatable bonds is 6. The van der Waals surface area contributed by atoms with Crippen LogP contribution in [0.4, 0.5) is 23.9 Å². The highest BCUT2D eigenvalue weighted by Gasteiger charge is 2.66. The third-order valence-electron chi connectivity index (χ3n) is 7.15. The molecule has 192 valence electrons. The van der Waals surface area contributed by atoms with Gasteiger partial charge >= 0.3 is 12.3 Å². The van der Waals surface area contributed by atoms with Crippen molar-refractivity contribution in [3.63, 3.8) is 0 Å². The van der Waals surface area contributed by atoms with Crippen LogP contribution in [-0.4, -0.2) is 55.8 Å². The summed E-state index contributed by atoms with van der Waals surface area (Å²) in [6.45, 7) is 1.78. The lowest BCUT2D eigenvalue weighted by atomic mass is 9.93. The van der Waals surface area contributed by atoms with E-state index in [9.17, 15) is 23.1 Å². The number of imidazole rings is 1. The molecule has 0 bridgehead atoms. The summed E-state index contributed by atoms with van der Waals surface area (Å²) in [7, 11) is 0. The van der Waals surface area contributed by atoms with Gasteiger partial charge in [-0.15, -0.1) is 0 Å². The van der Waals surface area contributed by atoms with Crippen molar-refractivity contribution in [1.29, 1.82) is 0 Å². The van der Waals surface area contributed by atoms with E-state index >= 15 is 0 Å². The van der Waals surface area contributed by atoms with Crippen molar-refractivity contribution in [2.75, 3.05) is 24.5 Å². The molecule has 1 aliphatic carbocycles. The fourth-order valence-corrected chi connectivity index (χ4v) is 7.10. The van der Waals surface area contributed by atoms with E-state index in [0.717, 1.165) is 36.5 Å². The van der Waals surface area contributed by atoms with E-state index in [2.05, 4.69) is 46.6 Å². The zero-order chi connectivity index (χ0) is 25.8. The van der Waals surface area contributed by atoms with Gasteiger partial charge in [0.15, 0.2) is 17.0 Å². The second-order valence-corrected chi connectivity index (χ2v) is 10.9. The highest BCUT2D eigenvalue weighted by atomic mass is 32.2. The van der Waals surface area contributed by atoms with Crippen LogP contribution < -0.4 is 10.2 Å². The smallest absolute Gasteiger partial charge is 0.434 e. The van der Waals surface area contributed by atoms with E-state index in [1.165, 1.54) is 18.3 Å². The molecule has 2 fully saturated rings. The standard InChI is InChI=1S/C23H20F3N7O2S2/c24-23(25,26)17-15(2-1-5-27-17)37-16-8-28-18-19(30-16)32-20(31-18)33-6-3-13-14(9-33)22(13,11-29-21(34)35)12-4-7-36-10-12/h1-2,4-5,7-8,10,13-14,29H,3,6,9,11H2,(H,34,35)(H,28,30,31,32). The van der Waals surface area contributed by atoms with Gasteiger partial charge in [0.05, 0.1) is 6.20 Å². The van der Waals surface area contributed by atoms with Crippen LogP contribution in [0.1, 0.15) is 17.7 Å². The molecule has 4 aromatic rings. The third kappa shape index (κ3) is 4.27. The molecule has 5 heterocycles. The van der Waals surface area contributed by atoms with Gasteiger partial charge in [0.2, 0.25) is 5.95 Å². The average Bonchev–Trinajstić information content (AvgIpc) is 3.22. The van der Waals surface area contributed by atoms with Crippen molar-refractivity contribution in [2.24, 2.45) is 11.8 Å². The number of hydrogen-bond donors (Lipinski definition) is 3. The molecule has 2 aliphatic rings. The monoisotopic (exact) mass is 547 g/mol. The van der Waals surface area contributed by atoms with E-state index in [-0.39, 0.29) is 21.3 Å². The van der Waals surface area contributed by atoms with Gasteiger partial charge in [0.1, 0.15) is 5.03 Å². The van der Waals surface area contributed by atoms with Crippen LogP contribution in [0, 0.1) is 11.8 Å². The lowest BCUT2D eigenvalue weighted by molar-refractivity contribution is -0.143. The van der Waals surface area contributed by atoms with Crippen LogP contribution in [0.5, 0.6) is 0 Å². The number of aromatic nitrogens is 5. The van der Waals surface area contributed by atoms with Crippen molar-refractivity contribution in [2.45, 2.75) is 27.9 Å². The summed E-state index contributed by atoms with van der Waals surface area (Å²) in [5, 5.41) is 16.2. The number of pyridine rings is 1. The molecule has 1 amide bonds. The van der Waals surface area contributed by atoms with Crippen LogP contribution in [0.15, 0.2) is 51.3 Å². The zero-order valence-corrected chi connectivity index (χ0v) is 20.7. The average molecular weight is 548 g/mol. The predicted molar refractivity (Wildman–Crippen MR) is 131 cm³/mol. The van der Waals surface area contributed by atoms with Crippen LogP contribution in [0.3, 0.4) is 0 Å². The summed E-state index contributed by atoms with van der Waals surface area (Å²) in [5.41, 5.74) is 0.706. The number of thiophene rings is 1. The summed E-state index contributed by atoms with van der Waals surface area (Å²) in [4.78, 5) is 33.3. The van der Waals surface area contributed by atoms with Crippen molar-refractivity contribution in [1.82, 2.24) is 30.2 Å². The summed E-state index contributed by atoms with van der Waals surface area (Å²) in [5.74, 6) is 1.22. The number of carboxylic acid groups (broad SMARTS) is 1. The van der Waals surface area contributed by atoms with Gasteiger partial charge in [-0.25, -0.2) is 14.8 Å². The first-order chi connectivity index (χ1) is 17.8. The molecule has 0 spiro atoms. The minimum atomic E-state index is -4.58.